The maximum atomic E-state index is 13.1. The highest BCUT2D eigenvalue weighted by Gasteiger charge is 2.13. The first kappa shape index (κ1) is 20.2. The fraction of sp³-hybridized carbons (Fsp3) is 0.200. The van der Waals surface area contributed by atoms with E-state index in [1.807, 2.05) is 30.6 Å². The van der Waals surface area contributed by atoms with Crippen LogP contribution in [0.4, 0.5) is 10.2 Å². The van der Waals surface area contributed by atoms with E-state index in [-0.39, 0.29) is 5.91 Å². The summed E-state index contributed by atoms with van der Waals surface area (Å²) in [5, 5.41) is 11.9. The zero-order chi connectivity index (χ0) is 21.9. The van der Waals surface area contributed by atoms with Gasteiger partial charge in [0.1, 0.15) is 5.82 Å². The van der Waals surface area contributed by atoms with Gasteiger partial charge in [-0.1, -0.05) is 6.07 Å². The standard InChI is InChI=1S/C25H22FN5O/c26-22-6-3-18(4-7-22)25(32)28-24-13-20-12-19(5-8-23(20)29-30-24)21-11-17(14-27-15-21)16-31-9-1-2-10-31/h3-8,11-15H,1-2,9-10,16H2,(H,28,30,32). The molecule has 0 unspecified atom stereocenters. The molecule has 0 bridgehead atoms. The molecule has 160 valence electrons. The molecule has 5 rings (SSSR count). The Labute approximate surface area is 185 Å². The second kappa shape index (κ2) is 8.80. The summed E-state index contributed by atoms with van der Waals surface area (Å²) in [6.45, 7) is 3.20. The quantitative estimate of drug-likeness (QED) is 0.501. The Balaban J connectivity index is 1.38. The number of amides is 1. The van der Waals surface area contributed by atoms with E-state index in [2.05, 4.69) is 31.5 Å². The fourth-order valence-corrected chi connectivity index (χ4v) is 4.01. The molecule has 1 saturated heterocycles. The molecular weight excluding hydrogens is 405 g/mol. The van der Waals surface area contributed by atoms with Crippen LogP contribution >= 0.6 is 0 Å². The third-order valence-electron chi connectivity index (χ3n) is 5.67. The van der Waals surface area contributed by atoms with Gasteiger partial charge in [0, 0.05) is 35.5 Å². The summed E-state index contributed by atoms with van der Waals surface area (Å²) >= 11 is 0. The van der Waals surface area contributed by atoms with E-state index >= 15 is 0 Å². The van der Waals surface area contributed by atoms with Crippen LogP contribution in [-0.2, 0) is 6.54 Å². The molecule has 1 amide bonds. The van der Waals surface area contributed by atoms with Gasteiger partial charge >= 0.3 is 0 Å². The van der Waals surface area contributed by atoms with Crippen molar-refractivity contribution in [3.05, 3.63) is 83.9 Å². The zero-order valence-electron chi connectivity index (χ0n) is 17.5. The summed E-state index contributed by atoms with van der Waals surface area (Å²) in [6, 6.07) is 15.3. The zero-order valence-corrected chi connectivity index (χ0v) is 17.5. The van der Waals surface area contributed by atoms with Crippen molar-refractivity contribution >= 4 is 22.6 Å². The SMILES string of the molecule is O=C(Nc1cc2cc(-c3cncc(CN4CCCC4)c3)ccc2nn1)c1ccc(F)cc1. The molecule has 0 saturated carbocycles. The second-order valence-corrected chi connectivity index (χ2v) is 8.03. The van der Waals surface area contributed by atoms with Crippen molar-refractivity contribution in [2.24, 2.45) is 0 Å². The van der Waals surface area contributed by atoms with Crippen LogP contribution in [0.25, 0.3) is 22.0 Å². The number of hydrogen-bond acceptors (Lipinski definition) is 5. The van der Waals surface area contributed by atoms with Gasteiger partial charge in [-0.3, -0.25) is 14.7 Å². The van der Waals surface area contributed by atoms with E-state index in [0.717, 1.165) is 41.7 Å². The van der Waals surface area contributed by atoms with Gasteiger partial charge in [-0.05, 0) is 85.6 Å². The second-order valence-electron chi connectivity index (χ2n) is 8.03. The number of likely N-dealkylation sites (tertiary alicyclic amines) is 1. The van der Waals surface area contributed by atoms with Crippen LogP contribution in [0.15, 0.2) is 67.0 Å². The van der Waals surface area contributed by atoms with E-state index in [9.17, 15) is 9.18 Å². The Morgan fingerprint density at radius 2 is 1.75 bits per heavy atom. The molecule has 1 N–H and O–H groups in total. The molecule has 1 aliphatic heterocycles. The van der Waals surface area contributed by atoms with Crippen molar-refractivity contribution in [1.29, 1.82) is 0 Å². The number of carbonyl (C=O) groups excluding carboxylic acids is 1. The van der Waals surface area contributed by atoms with Gasteiger partial charge in [-0.15, -0.1) is 10.2 Å². The van der Waals surface area contributed by atoms with Gasteiger partial charge in [-0.25, -0.2) is 4.39 Å². The molecule has 1 fully saturated rings. The van der Waals surface area contributed by atoms with Crippen molar-refractivity contribution < 1.29 is 9.18 Å². The maximum Gasteiger partial charge on any atom is 0.256 e. The van der Waals surface area contributed by atoms with E-state index < -0.39 is 5.82 Å². The monoisotopic (exact) mass is 427 g/mol. The van der Waals surface area contributed by atoms with E-state index in [1.54, 1.807) is 6.07 Å². The van der Waals surface area contributed by atoms with Crippen molar-refractivity contribution in [3.63, 3.8) is 0 Å². The summed E-state index contributed by atoms with van der Waals surface area (Å²) < 4.78 is 13.1. The largest absolute Gasteiger partial charge is 0.305 e. The average Bonchev–Trinajstić information content (AvgIpc) is 3.32. The lowest BCUT2D eigenvalue weighted by Gasteiger charge is -2.15. The topological polar surface area (TPSA) is 71.0 Å². The van der Waals surface area contributed by atoms with Gasteiger partial charge in [0.25, 0.3) is 5.91 Å². The minimum Gasteiger partial charge on any atom is -0.305 e. The molecular formula is C25H22FN5O. The molecule has 1 aliphatic rings. The average molecular weight is 427 g/mol. The Kier molecular flexibility index (Phi) is 5.56. The normalized spacial score (nSPS) is 14.0. The third kappa shape index (κ3) is 4.48. The van der Waals surface area contributed by atoms with Gasteiger partial charge in [0.15, 0.2) is 5.82 Å². The number of halogens is 1. The van der Waals surface area contributed by atoms with Crippen LogP contribution in [0.5, 0.6) is 0 Å². The molecule has 6 nitrogen and oxygen atoms in total. The summed E-state index contributed by atoms with van der Waals surface area (Å²) in [7, 11) is 0. The van der Waals surface area contributed by atoms with Crippen molar-refractivity contribution in [3.8, 4) is 11.1 Å². The Hall–Kier alpha value is -3.71. The summed E-state index contributed by atoms with van der Waals surface area (Å²) in [4.78, 5) is 19.3. The third-order valence-corrected chi connectivity index (χ3v) is 5.67. The van der Waals surface area contributed by atoms with Crippen LogP contribution in [-0.4, -0.2) is 39.1 Å². The van der Waals surface area contributed by atoms with E-state index in [4.69, 9.17) is 0 Å². The molecule has 2 aromatic carbocycles. The first-order chi connectivity index (χ1) is 15.6. The molecule has 0 radical (unpaired) electrons. The number of nitrogens with one attached hydrogen (secondary N) is 1. The highest BCUT2D eigenvalue weighted by Crippen LogP contribution is 2.25. The number of nitrogens with zero attached hydrogens (tertiary/aromatic N) is 4. The van der Waals surface area contributed by atoms with Gasteiger partial charge < -0.3 is 5.32 Å². The fourth-order valence-electron chi connectivity index (χ4n) is 4.01. The predicted molar refractivity (Wildman–Crippen MR) is 122 cm³/mol. The highest BCUT2D eigenvalue weighted by molar-refractivity contribution is 6.04. The van der Waals surface area contributed by atoms with E-state index in [1.165, 1.54) is 42.7 Å². The minimum absolute atomic E-state index is 0.338. The minimum atomic E-state index is -0.390. The van der Waals surface area contributed by atoms with Crippen LogP contribution in [0.1, 0.15) is 28.8 Å². The lowest BCUT2D eigenvalue weighted by Crippen LogP contribution is -2.18. The van der Waals surface area contributed by atoms with Crippen molar-refractivity contribution in [2.75, 3.05) is 18.4 Å². The van der Waals surface area contributed by atoms with Gasteiger partial charge in [-0.2, -0.15) is 0 Å². The molecule has 7 heteroatoms. The summed E-state index contributed by atoms with van der Waals surface area (Å²) in [6.07, 6.45) is 6.32. The number of anilines is 1. The van der Waals surface area contributed by atoms with Crippen LogP contribution < -0.4 is 5.32 Å². The van der Waals surface area contributed by atoms with Crippen LogP contribution in [0.3, 0.4) is 0 Å². The van der Waals surface area contributed by atoms with Crippen molar-refractivity contribution in [2.45, 2.75) is 19.4 Å². The number of carbonyl (C=O) groups is 1. The van der Waals surface area contributed by atoms with Crippen LogP contribution in [0, 0.1) is 5.82 Å². The summed E-state index contributed by atoms with van der Waals surface area (Å²) in [5.74, 6) is -0.419. The first-order valence-corrected chi connectivity index (χ1v) is 10.7. The highest BCUT2D eigenvalue weighted by atomic mass is 19.1. The lowest BCUT2D eigenvalue weighted by molar-refractivity contribution is 0.102. The summed E-state index contributed by atoms with van der Waals surface area (Å²) in [5.41, 5.74) is 4.34. The number of benzene rings is 2. The number of fused-ring (bicyclic) bond motifs is 1. The number of aromatic nitrogens is 3. The molecule has 0 aliphatic carbocycles. The predicted octanol–water partition coefficient (Wildman–Crippen LogP) is 4.68. The van der Waals surface area contributed by atoms with E-state index in [0.29, 0.717) is 11.4 Å². The molecule has 4 aromatic rings. The number of rotatable bonds is 5. The number of hydrogen-bond donors (Lipinski definition) is 1. The Bertz CT molecular complexity index is 1270. The molecule has 3 heterocycles. The smallest absolute Gasteiger partial charge is 0.256 e. The Morgan fingerprint density at radius 1 is 0.938 bits per heavy atom. The molecule has 2 aromatic heterocycles. The maximum absolute atomic E-state index is 13.1. The molecule has 0 atom stereocenters. The number of pyridine rings is 1. The van der Waals surface area contributed by atoms with Gasteiger partial charge in [0.05, 0.1) is 5.52 Å². The van der Waals surface area contributed by atoms with Crippen molar-refractivity contribution in [1.82, 2.24) is 20.1 Å². The molecule has 32 heavy (non-hydrogen) atoms. The first-order valence-electron chi connectivity index (χ1n) is 10.7. The Morgan fingerprint density at radius 3 is 2.56 bits per heavy atom. The van der Waals surface area contributed by atoms with Gasteiger partial charge in [0.2, 0.25) is 0 Å². The molecule has 0 spiro atoms. The lowest BCUT2D eigenvalue weighted by atomic mass is 10.0. The van der Waals surface area contributed by atoms with Crippen LogP contribution in [0.2, 0.25) is 0 Å².